The van der Waals surface area contributed by atoms with E-state index < -0.39 is 30.0 Å². The van der Waals surface area contributed by atoms with Crippen LogP contribution < -0.4 is 10.1 Å². The first-order chi connectivity index (χ1) is 10.5. The summed E-state index contributed by atoms with van der Waals surface area (Å²) in [6.45, 7) is 1.90. The van der Waals surface area contributed by atoms with Gasteiger partial charge in [-0.05, 0) is 24.6 Å². The van der Waals surface area contributed by atoms with E-state index in [-0.39, 0.29) is 5.91 Å². The molecule has 2 aliphatic heterocycles. The second-order valence-electron chi connectivity index (χ2n) is 5.53. The summed E-state index contributed by atoms with van der Waals surface area (Å²) >= 11 is 0. The number of carbonyl (C=O) groups excluding carboxylic acids is 1. The molecule has 1 fully saturated rings. The number of nitrogens with one attached hydrogen (secondary N) is 1. The number of aliphatic carboxylic acids is 1. The van der Waals surface area contributed by atoms with Gasteiger partial charge in [-0.1, -0.05) is 18.2 Å². The Bertz CT molecular complexity index is 654. The highest BCUT2D eigenvalue weighted by Crippen LogP contribution is 2.40. The smallest absolute Gasteiger partial charge is 0.310 e. The van der Waals surface area contributed by atoms with Crippen LogP contribution in [0.25, 0.3) is 0 Å². The van der Waals surface area contributed by atoms with Crippen molar-refractivity contribution in [3.05, 3.63) is 35.9 Å². The van der Waals surface area contributed by atoms with E-state index in [4.69, 9.17) is 9.47 Å². The Morgan fingerprint density at radius 1 is 1.23 bits per heavy atom. The summed E-state index contributed by atoms with van der Waals surface area (Å²) in [4.78, 5) is 24.0. The third-order valence-corrected chi connectivity index (χ3v) is 4.10. The quantitative estimate of drug-likeness (QED) is 0.825. The highest BCUT2D eigenvalue weighted by Gasteiger charge is 2.53. The van der Waals surface area contributed by atoms with Crippen LogP contribution in [0.1, 0.15) is 5.56 Å². The van der Waals surface area contributed by atoms with E-state index in [0.717, 1.165) is 5.56 Å². The zero-order valence-corrected chi connectivity index (χ0v) is 12.3. The van der Waals surface area contributed by atoms with Crippen LogP contribution in [0.3, 0.4) is 0 Å². The standard InChI is InChI=1S/C16H17NO5/c1-8-3-4-10(21-2)9(7-8)17-15(18)13-11-5-6-12(22-11)14(13)16(19)20/h3-7,11-14H,1-2H3,(H,17,18)(H,19,20)/t11-,12+,13+,14+/m1/s1. The van der Waals surface area contributed by atoms with Crippen molar-refractivity contribution in [3.8, 4) is 5.75 Å². The second kappa shape index (κ2) is 5.46. The predicted molar refractivity (Wildman–Crippen MR) is 78.8 cm³/mol. The first-order valence-electron chi connectivity index (χ1n) is 7.03. The summed E-state index contributed by atoms with van der Waals surface area (Å²) in [7, 11) is 1.52. The lowest BCUT2D eigenvalue weighted by atomic mass is 9.82. The number of hydrogen-bond donors (Lipinski definition) is 2. The van der Waals surface area contributed by atoms with Gasteiger partial charge in [0.1, 0.15) is 11.7 Å². The number of anilines is 1. The molecule has 2 N–H and O–H groups in total. The average Bonchev–Trinajstić information content (AvgIpc) is 3.08. The summed E-state index contributed by atoms with van der Waals surface area (Å²) in [6, 6.07) is 5.42. The van der Waals surface area contributed by atoms with Crippen molar-refractivity contribution in [3.63, 3.8) is 0 Å². The summed E-state index contributed by atoms with van der Waals surface area (Å²) in [5.41, 5.74) is 1.50. The highest BCUT2D eigenvalue weighted by molar-refractivity contribution is 5.97. The maximum atomic E-state index is 12.6. The fraction of sp³-hybridized carbons (Fsp3) is 0.375. The minimum absolute atomic E-state index is 0.367. The molecule has 1 amide bonds. The number of hydrogen-bond acceptors (Lipinski definition) is 4. The fourth-order valence-corrected chi connectivity index (χ4v) is 3.05. The Labute approximate surface area is 127 Å². The average molecular weight is 303 g/mol. The van der Waals surface area contributed by atoms with Crippen molar-refractivity contribution in [2.24, 2.45) is 11.8 Å². The lowest BCUT2D eigenvalue weighted by molar-refractivity contribution is -0.145. The maximum absolute atomic E-state index is 12.6. The number of fused-ring (bicyclic) bond motifs is 2. The van der Waals surface area contributed by atoms with Gasteiger partial charge < -0.3 is 19.9 Å². The fourth-order valence-electron chi connectivity index (χ4n) is 3.05. The van der Waals surface area contributed by atoms with Crippen molar-refractivity contribution in [1.82, 2.24) is 0 Å². The Kier molecular flexibility index (Phi) is 3.62. The number of amides is 1. The van der Waals surface area contributed by atoms with Crippen LogP contribution in [0.4, 0.5) is 5.69 Å². The topological polar surface area (TPSA) is 84.9 Å². The highest BCUT2D eigenvalue weighted by atomic mass is 16.5. The molecule has 0 aliphatic carbocycles. The molecular formula is C16H17NO5. The zero-order valence-electron chi connectivity index (χ0n) is 12.3. The normalized spacial score (nSPS) is 28.6. The van der Waals surface area contributed by atoms with Crippen LogP contribution in [-0.4, -0.2) is 36.3 Å². The summed E-state index contributed by atoms with van der Waals surface area (Å²) in [5.74, 6) is -2.45. The molecule has 3 rings (SSSR count). The molecule has 0 unspecified atom stereocenters. The molecule has 1 saturated heterocycles. The number of ether oxygens (including phenoxy) is 2. The van der Waals surface area contributed by atoms with Crippen molar-refractivity contribution in [2.45, 2.75) is 19.1 Å². The van der Waals surface area contributed by atoms with Crippen LogP contribution in [0.5, 0.6) is 5.75 Å². The molecule has 1 aromatic rings. The van der Waals surface area contributed by atoms with E-state index in [1.165, 1.54) is 7.11 Å². The monoisotopic (exact) mass is 303 g/mol. The van der Waals surface area contributed by atoms with Gasteiger partial charge in [-0.25, -0.2) is 0 Å². The van der Waals surface area contributed by atoms with Gasteiger partial charge in [-0.3, -0.25) is 9.59 Å². The maximum Gasteiger partial charge on any atom is 0.310 e. The summed E-state index contributed by atoms with van der Waals surface area (Å²) < 4.78 is 10.7. The third-order valence-electron chi connectivity index (χ3n) is 4.10. The molecule has 0 aromatic heterocycles. The second-order valence-corrected chi connectivity index (χ2v) is 5.53. The minimum Gasteiger partial charge on any atom is -0.495 e. The number of carbonyl (C=O) groups is 2. The van der Waals surface area contributed by atoms with Crippen molar-refractivity contribution in [2.75, 3.05) is 12.4 Å². The third kappa shape index (κ3) is 2.35. The van der Waals surface area contributed by atoms with Gasteiger partial charge >= 0.3 is 5.97 Å². The van der Waals surface area contributed by atoms with Gasteiger partial charge in [-0.15, -0.1) is 0 Å². The molecule has 2 aliphatic rings. The summed E-state index contributed by atoms with van der Waals surface area (Å²) in [6.07, 6.45) is 2.45. The van der Waals surface area contributed by atoms with Crippen LogP contribution >= 0.6 is 0 Å². The molecule has 2 bridgehead atoms. The van der Waals surface area contributed by atoms with Gasteiger partial charge in [0.25, 0.3) is 0 Å². The van der Waals surface area contributed by atoms with Crippen LogP contribution in [0, 0.1) is 18.8 Å². The zero-order chi connectivity index (χ0) is 15.9. The van der Waals surface area contributed by atoms with Gasteiger partial charge in [0.15, 0.2) is 0 Å². The first kappa shape index (κ1) is 14.6. The molecule has 0 saturated carbocycles. The molecule has 116 valence electrons. The number of rotatable bonds is 4. The Morgan fingerprint density at radius 3 is 2.55 bits per heavy atom. The van der Waals surface area contributed by atoms with E-state index in [2.05, 4.69) is 5.32 Å². The Hall–Kier alpha value is -2.34. The van der Waals surface area contributed by atoms with Crippen LogP contribution in [0.15, 0.2) is 30.4 Å². The molecule has 4 atom stereocenters. The Morgan fingerprint density at radius 2 is 1.91 bits per heavy atom. The number of carboxylic acids is 1. The summed E-state index contributed by atoms with van der Waals surface area (Å²) in [5, 5.41) is 12.1. The van der Waals surface area contributed by atoms with Gasteiger partial charge in [0.05, 0.1) is 30.9 Å². The largest absolute Gasteiger partial charge is 0.495 e. The van der Waals surface area contributed by atoms with Crippen molar-refractivity contribution >= 4 is 17.6 Å². The van der Waals surface area contributed by atoms with Gasteiger partial charge in [0.2, 0.25) is 5.91 Å². The predicted octanol–water partition coefficient (Wildman–Crippen LogP) is 1.60. The van der Waals surface area contributed by atoms with E-state index in [9.17, 15) is 14.7 Å². The lowest BCUT2D eigenvalue weighted by Gasteiger charge is -2.21. The van der Waals surface area contributed by atoms with Crippen LogP contribution in [-0.2, 0) is 14.3 Å². The van der Waals surface area contributed by atoms with Crippen molar-refractivity contribution < 1.29 is 24.2 Å². The number of benzene rings is 1. The molecule has 22 heavy (non-hydrogen) atoms. The molecule has 6 nitrogen and oxygen atoms in total. The Balaban J connectivity index is 1.84. The van der Waals surface area contributed by atoms with E-state index >= 15 is 0 Å². The molecular weight excluding hydrogens is 286 g/mol. The first-order valence-corrected chi connectivity index (χ1v) is 7.03. The van der Waals surface area contributed by atoms with E-state index in [1.807, 2.05) is 13.0 Å². The molecule has 1 aromatic carbocycles. The molecule has 0 spiro atoms. The van der Waals surface area contributed by atoms with E-state index in [0.29, 0.717) is 11.4 Å². The van der Waals surface area contributed by atoms with Crippen LogP contribution in [0.2, 0.25) is 0 Å². The van der Waals surface area contributed by atoms with E-state index in [1.54, 1.807) is 24.3 Å². The van der Waals surface area contributed by atoms with Gasteiger partial charge in [0, 0.05) is 0 Å². The van der Waals surface area contributed by atoms with Crippen molar-refractivity contribution in [1.29, 1.82) is 0 Å². The SMILES string of the molecule is COc1ccc(C)cc1NC(=O)[C@@H]1[C@@H](C(=O)O)[C@@H]2C=C[C@H]1O2. The minimum atomic E-state index is -1.02. The number of aryl methyl sites for hydroxylation is 1. The van der Waals surface area contributed by atoms with Gasteiger partial charge in [-0.2, -0.15) is 0 Å². The number of methoxy groups -OCH3 is 1. The number of carboxylic acid groups (broad SMARTS) is 1. The lowest BCUT2D eigenvalue weighted by Crippen LogP contribution is -2.39. The molecule has 6 heteroatoms. The molecule has 0 radical (unpaired) electrons. The molecule has 2 heterocycles.